The highest BCUT2D eigenvalue weighted by Gasteiger charge is 2.19. The van der Waals surface area contributed by atoms with Gasteiger partial charge in [-0.05, 0) is 44.5 Å². The van der Waals surface area contributed by atoms with E-state index in [9.17, 15) is 4.39 Å². The summed E-state index contributed by atoms with van der Waals surface area (Å²) in [4.78, 5) is 0. The van der Waals surface area contributed by atoms with Crippen LogP contribution in [-0.2, 0) is 19.9 Å². The molecular weight excluding hydrogens is 265 g/mol. The first-order valence-electron chi connectivity index (χ1n) is 7.55. The predicted molar refractivity (Wildman–Crippen MR) is 84.8 cm³/mol. The molecule has 0 saturated carbocycles. The maximum absolute atomic E-state index is 14.4. The van der Waals surface area contributed by atoms with E-state index >= 15 is 0 Å². The van der Waals surface area contributed by atoms with Gasteiger partial charge in [0.1, 0.15) is 5.82 Å². The van der Waals surface area contributed by atoms with E-state index in [-0.39, 0.29) is 11.9 Å². The number of nitrogens with zero attached hydrogens (tertiary/aromatic N) is 2. The van der Waals surface area contributed by atoms with Crippen LogP contribution in [0.5, 0.6) is 0 Å². The Hall–Kier alpha value is -1.68. The lowest BCUT2D eigenvalue weighted by atomic mass is 9.96. The molecule has 21 heavy (non-hydrogen) atoms. The van der Waals surface area contributed by atoms with E-state index in [1.54, 1.807) is 6.07 Å². The first-order chi connectivity index (χ1) is 10.0. The molecule has 1 unspecified atom stereocenters. The van der Waals surface area contributed by atoms with Gasteiger partial charge in [-0.1, -0.05) is 19.9 Å². The van der Waals surface area contributed by atoms with Gasteiger partial charge in [-0.15, -0.1) is 0 Å². The summed E-state index contributed by atoms with van der Waals surface area (Å²) in [6.45, 7) is 6.21. The molecule has 2 aromatic rings. The molecule has 0 spiro atoms. The van der Waals surface area contributed by atoms with Gasteiger partial charge in [0, 0.05) is 29.9 Å². The minimum absolute atomic E-state index is 0.181. The van der Waals surface area contributed by atoms with Crippen molar-refractivity contribution >= 4 is 0 Å². The van der Waals surface area contributed by atoms with Crippen molar-refractivity contribution in [1.29, 1.82) is 0 Å². The number of nitrogens with one attached hydrogen (secondary N) is 1. The Balaban J connectivity index is 2.66. The zero-order chi connectivity index (χ0) is 15.6. The quantitative estimate of drug-likeness (QED) is 0.911. The minimum atomic E-state index is -0.181. The Labute approximate surface area is 126 Å². The van der Waals surface area contributed by atoms with Crippen LogP contribution in [0.25, 0.3) is 11.1 Å². The molecule has 114 valence electrons. The topological polar surface area (TPSA) is 29.9 Å². The summed E-state index contributed by atoms with van der Waals surface area (Å²) in [5, 5.41) is 7.74. The van der Waals surface area contributed by atoms with Crippen molar-refractivity contribution in [3.05, 3.63) is 41.0 Å². The maximum atomic E-state index is 14.4. The molecule has 0 bridgehead atoms. The number of rotatable bonds is 5. The van der Waals surface area contributed by atoms with Gasteiger partial charge in [0.25, 0.3) is 0 Å². The highest BCUT2D eigenvalue weighted by molar-refractivity contribution is 5.70. The smallest absolute Gasteiger partial charge is 0.131 e. The maximum Gasteiger partial charge on any atom is 0.131 e. The van der Waals surface area contributed by atoms with Crippen molar-refractivity contribution in [1.82, 2.24) is 15.1 Å². The number of halogens is 1. The van der Waals surface area contributed by atoms with Crippen molar-refractivity contribution in [3.63, 3.8) is 0 Å². The van der Waals surface area contributed by atoms with E-state index in [0.29, 0.717) is 5.56 Å². The van der Waals surface area contributed by atoms with Gasteiger partial charge in [0.2, 0.25) is 0 Å². The van der Waals surface area contributed by atoms with E-state index in [1.165, 1.54) is 0 Å². The third-order valence-electron chi connectivity index (χ3n) is 4.10. The van der Waals surface area contributed by atoms with E-state index in [4.69, 9.17) is 0 Å². The Bertz CT molecular complexity index is 631. The average Bonchev–Trinajstić information content (AvgIpc) is 2.82. The molecule has 1 aromatic carbocycles. The van der Waals surface area contributed by atoms with Crippen LogP contribution in [0.4, 0.5) is 4.39 Å². The largest absolute Gasteiger partial charge is 0.313 e. The summed E-state index contributed by atoms with van der Waals surface area (Å²) in [6.07, 6.45) is 1.64. The standard InChI is InChI=1S/C17H24FN3/c1-6-15-17(16(7-2)21(5)20-15)13-10-12(11(3)19-4)8-9-14(13)18/h8-11,19H,6-7H2,1-5H3. The van der Waals surface area contributed by atoms with Crippen LogP contribution in [0.15, 0.2) is 18.2 Å². The van der Waals surface area contributed by atoms with Gasteiger partial charge >= 0.3 is 0 Å². The van der Waals surface area contributed by atoms with E-state index < -0.39 is 0 Å². The normalized spacial score (nSPS) is 12.7. The lowest BCUT2D eigenvalue weighted by Crippen LogP contribution is -2.12. The molecule has 0 radical (unpaired) electrons. The third kappa shape index (κ3) is 2.86. The van der Waals surface area contributed by atoms with Crippen LogP contribution in [0.3, 0.4) is 0 Å². The minimum Gasteiger partial charge on any atom is -0.313 e. The summed E-state index contributed by atoms with van der Waals surface area (Å²) < 4.78 is 16.3. The van der Waals surface area contributed by atoms with Gasteiger partial charge in [0.05, 0.1) is 5.69 Å². The Morgan fingerprint density at radius 1 is 1.29 bits per heavy atom. The second-order valence-corrected chi connectivity index (χ2v) is 5.35. The van der Waals surface area contributed by atoms with Crippen molar-refractivity contribution in [2.45, 2.75) is 39.7 Å². The van der Waals surface area contributed by atoms with Gasteiger partial charge < -0.3 is 5.32 Å². The Morgan fingerprint density at radius 3 is 2.57 bits per heavy atom. The SMILES string of the molecule is CCc1nn(C)c(CC)c1-c1cc(C(C)NC)ccc1F. The van der Waals surface area contributed by atoms with Gasteiger partial charge in [-0.2, -0.15) is 5.10 Å². The van der Waals surface area contributed by atoms with Crippen LogP contribution in [0.1, 0.15) is 43.8 Å². The molecule has 1 heterocycles. The molecule has 1 N–H and O–H groups in total. The third-order valence-corrected chi connectivity index (χ3v) is 4.10. The monoisotopic (exact) mass is 289 g/mol. The summed E-state index contributed by atoms with van der Waals surface area (Å²) in [7, 11) is 3.84. The van der Waals surface area contributed by atoms with E-state index in [0.717, 1.165) is 35.4 Å². The highest BCUT2D eigenvalue weighted by atomic mass is 19.1. The molecular formula is C17H24FN3. The number of aromatic nitrogens is 2. The Morgan fingerprint density at radius 2 is 2.00 bits per heavy atom. The zero-order valence-corrected chi connectivity index (χ0v) is 13.5. The fourth-order valence-electron chi connectivity index (χ4n) is 2.75. The first-order valence-corrected chi connectivity index (χ1v) is 7.55. The van der Waals surface area contributed by atoms with Crippen molar-refractivity contribution in [2.24, 2.45) is 7.05 Å². The van der Waals surface area contributed by atoms with Crippen molar-refractivity contribution < 1.29 is 4.39 Å². The second kappa shape index (κ2) is 6.39. The molecule has 0 amide bonds. The number of aryl methyl sites for hydroxylation is 2. The molecule has 0 fully saturated rings. The predicted octanol–water partition coefficient (Wildman–Crippen LogP) is 3.63. The van der Waals surface area contributed by atoms with Gasteiger partial charge in [0.15, 0.2) is 0 Å². The molecule has 0 saturated heterocycles. The van der Waals surface area contributed by atoms with Crippen molar-refractivity contribution in [2.75, 3.05) is 7.05 Å². The van der Waals surface area contributed by atoms with E-state index in [2.05, 4.69) is 31.2 Å². The molecule has 4 heteroatoms. The van der Waals surface area contributed by atoms with Gasteiger partial charge in [-0.3, -0.25) is 4.68 Å². The molecule has 1 atom stereocenters. The molecule has 0 aliphatic rings. The molecule has 0 aliphatic heterocycles. The van der Waals surface area contributed by atoms with Gasteiger partial charge in [-0.25, -0.2) is 4.39 Å². The molecule has 1 aromatic heterocycles. The first kappa shape index (κ1) is 15.7. The lowest BCUT2D eigenvalue weighted by Gasteiger charge is -2.14. The van der Waals surface area contributed by atoms with Crippen LogP contribution >= 0.6 is 0 Å². The summed E-state index contributed by atoms with van der Waals surface area (Å²) in [5.74, 6) is -0.181. The summed E-state index contributed by atoms with van der Waals surface area (Å²) >= 11 is 0. The fraction of sp³-hybridized carbons (Fsp3) is 0.471. The molecule has 3 nitrogen and oxygen atoms in total. The lowest BCUT2D eigenvalue weighted by molar-refractivity contribution is 0.621. The average molecular weight is 289 g/mol. The number of benzene rings is 1. The number of hydrogen-bond donors (Lipinski definition) is 1. The fourth-order valence-corrected chi connectivity index (χ4v) is 2.75. The molecule has 2 rings (SSSR count). The van der Waals surface area contributed by atoms with Crippen LogP contribution in [0, 0.1) is 5.82 Å². The highest BCUT2D eigenvalue weighted by Crippen LogP contribution is 2.32. The van der Waals surface area contributed by atoms with Crippen LogP contribution in [0.2, 0.25) is 0 Å². The number of hydrogen-bond acceptors (Lipinski definition) is 2. The van der Waals surface area contributed by atoms with E-state index in [1.807, 2.05) is 30.9 Å². The van der Waals surface area contributed by atoms with Crippen LogP contribution < -0.4 is 5.32 Å². The summed E-state index contributed by atoms with van der Waals surface area (Å²) in [5.41, 5.74) is 4.76. The van der Waals surface area contributed by atoms with Crippen LogP contribution in [-0.4, -0.2) is 16.8 Å². The van der Waals surface area contributed by atoms with Crippen molar-refractivity contribution in [3.8, 4) is 11.1 Å². The second-order valence-electron chi connectivity index (χ2n) is 5.35. The Kier molecular flexibility index (Phi) is 4.78. The molecule has 0 aliphatic carbocycles. The summed E-state index contributed by atoms with van der Waals surface area (Å²) in [6, 6.07) is 5.54. The zero-order valence-electron chi connectivity index (χ0n) is 13.5.